The summed E-state index contributed by atoms with van der Waals surface area (Å²) in [6.45, 7) is 7.92. The number of guanidine groups is 1. The third-order valence-electron chi connectivity index (χ3n) is 4.33. The van der Waals surface area contributed by atoms with Crippen molar-refractivity contribution in [3.05, 3.63) is 60.3 Å². The predicted octanol–water partition coefficient (Wildman–Crippen LogP) is 4.49. The van der Waals surface area contributed by atoms with E-state index in [2.05, 4.69) is 59.6 Å². The normalized spacial score (nSPS) is 11.8. The topological polar surface area (TPSA) is 71.7 Å². The minimum atomic E-state index is -0.0515. The van der Waals surface area contributed by atoms with E-state index in [0.29, 0.717) is 31.5 Å². The lowest BCUT2D eigenvalue weighted by atomic mass is 9.94. The Labute approximate surface area is 189 Å². The molecule has 156 valence electrons. The average Bonchev–Trinajstić information content (AvgIpc) is 3.17. The third-order valence-corrected chi connectivity index (χ3v) is 4.33. The van der Waals surface area contributed by atoms with E-state index in [9.17, 15) is 0 Å². The number of ether oxygens (including phenoxy) is 1. The van der Waals surface area contributed by atoms with Crippen LogP contribution in [0.5, 0.6) is 5.75 Å². The highest BCUT2D eigenvalue weighted by atomic mass is 127. The van der Waals surface area contributed by atoms with Gasteiger partial charge in [-0.05, 0) is 11.5 Å². The lowest BCUT2D eigenvalue weighted by Gasteiger charge is -2.14. The summed E-state index contributed by atoms with van der Waals surface area (Å²) in [4.78, 5) is 8.54. The molecule has 2 aromatic carbocycles. The number of nitrogens with one attached hydrogen (secondary N) is 2. The Kier molecular flexibility index (Phi) is 8.31. The van der Waals surface area contributed by atoms with Gasteiger partial charge in [-0.25, -0.2) is 4.98 Å². The summed E-state index contributed by atoms with van der Waals surface area (Å²) in [5.74, 6) is 3.07. The molecule has 0 amide bonds. The fraction of sp³-hybridized carbons (Fsp3) is 0.364. The first-order chi connectivity index (χ1) is 13.5. The van der Waals surface area contributed by atoms with Gasteiger partial charge in [0.15, 0.2) is 5.96 Å². The van der Waals surface area contributed by atoms with Gasteiger partial charge in [-0.15, -0.1) is 24.0 Å². The molecule has 0 saturated carbocycles. The Balaban J connectivity index is 0.00000300. The largest absolute Gasteiger partial charge is 0.491 e. The summed E-state index contributed by atoms with van der Waals surface area (Å²) in [6.07, 6.45) is 1.78. The van der Waals surface area contributed by atoms with Crippen molar-refractivity contribution in [1.29, 1.82) is 0 Å². The van der Waals surface area contributed by atoms with Crippen molar-refractivity contribution in [2.75, 3.05) is 20.2 Å². The predicted molar refractivity (Wildman–Crippen MR) is 128 cm³/mol. The van der Waals surface area contributed by atoms with Crippen LogP contribution in [0.3, 0.4) is 0 Å². The molecule has 0 unspecified atom stereocenters. The SMILES string of the molecule is CN=C(NCCOc1cccc2ccccc12)NCc1ncc(C(C)(C)C)o1.I. The molecule has 0 fully saturated rings. The summed E-state index contributed by atoms with van der Waals surface area (Å²) in [7, 11) is 1.73. The molecule has 0 radical (unpaired) electrons. The molecule has 1 heterocycles. The second-order valence-corrected chi connectivity index (χ2v) is 7.55. The quantitative estimate of drug-likeness (QED) is 0.222. The first-order valence-electron chi connectivity index (χ1n) is 9.47. The third kappa shape index (κ3) is 6.35. The van der Waals surface area contributed by atoms with Gasteiger partial charge >= 0.3 is 0 Å². The summed E-state index contributed by atoms with van der Waals surface area (Å²) < 4.78 is 11.7. The first kappa shape index (κ1) is 23.0. The molecule has 6 nitrogen and oxygen atoms in total. The number of hydrogen-bond donors (Lipinski definition) is 2. The summed E-state index contributed by atoms with van der Waals surface area (Å²) in [6, 6.07) is 14.3. The van der Waals surface area contributed by atoms with Gasteiger partial charge < -0.3 is 19.8 Å². The highest BCUT2D eigenvalue weighted by molar-refractivity contribution is 14.0. The number of nitrogens with zero attached hydrogens (tertiary/aromatic N) is 2. The van der Waals surface area contributed by atoms with E-state index >= 15 is 0 Å². The van der Waals surface area contributed by atoms with Gasteiger partial charge in [0, 0.05) is 17.8 Å². The number of fused-ring (bicyclic) bond motifs is 1. The Bertz CT molecular complexity index is 942. The molecule has 7 heteroatoms. The molecule has 0 spiro atoms. The number of benzene rings is 2. The molecular formula is C22H29IN4O2. The molecule has 3 aromatic rings. The van der Waals surface area contributed by atoms with Crippen LogP contribution in [0, 0.1) is 0 Å². The van der Waals surface area contributed by atoms with Crippen molar-refractivity contribution in [3.8, 4) is 5.75 Å². The van der Waals surface area contributed by atoms with Crippen LogP contribution in [0.15, 0.2) is 58.1 Å². The minimum absolute atomic E-state index is 0. The molecule has 0 aliphatic carbocycles. The van der Waals surface area contributed by atoms with Crippen molar-refractivity contribution < 1.29 is 9.15 Å². The smallest absolute Gasteiger partial charge is 0.213 e. The van der Waals surface area contributed by atoms with Gasteiger partial charge in [0.25, 0.3) is 0 Å². The zero-order chi connectivity index (χ0) is 20.0. The number of halogens is 1. The van der Waals surface area contributed by atoms with Gasteiger partial charge in [0.1, 0.15) is 18.1 Å². The Hall–Kier alpha value is -2.29. The van der Waals surface area contributed by atoms with Crippen LogP contribution in [-0.4, -0.2) is 31.1 Å². The Morgan fingerprint density at radius 3 is 2.59 bits per heavy atom. The molecule has 29 heavy (non-hydrogen) atoms. The van der Waals surface area contributed by atoms with Crippen molar-refractivity contribution in [2.24, 2.45) is 4.99 Å². The summed E-state index contributed by atoms with van der Waals surface area (Å²) >= 11 is 0. The van der Waals surface area contributed by atoms with Gasteiger partial charge in [-0.3, -0.25) is 4.99 Å². The molecule has 1 aromatic heterocycles. The van der Waals surface area contributed by atoms with Gasteiger partial charge in [-0.1, -0.05) is 57.2 Å². The molecule has 3 rings (SSSR count). The van der Waals surface area contributed by atoms with Gasteiger partial charge in [0.2, 0.25) is 5.89 Å². The van der Waals surface area contributed by atoms with Crippen LogP contribution in [0.1, 0.15) is 32.4 Å². The first-order valence-corrected chi connectivity index (χ1v) is 9.47. The lowest BCUT2D eigenvalue weighted by molar-refractivity contribution is 0.325. The van der Waals surface area contributed by atoms with E-state index in [1.165, 1.54) is 5.39 Å². The Morgan fingerprint density at radius 1 is 1.10 bits per heavy atom. The lowest BCUT2D eigenvalue weighted by Crippen LogP contribution is -2.38. The van der Waals surface area contributed by atoms with Crippen LogP contribution in [-0.2, 0) is 12.0 Å². The summed E-state index contributed by atoms with van der Waals surface area (Å²) in [5.41, 5.74) is -0.0515. The fourth-order valence-electron chi connectivity index (χ4n) is 2.77. The zero-order valence-electron chi connectivity index (χ0n) is 17.4. The maximum Gasteiger partial charge on any atom is 0.213 e. The van der Waals surface area contributed by atoms with Crippen LogP contribution in [0.4, 0.5) is 0 Å². The van der Waals surface area contributed by atoms with Crippen LogP contribution in [0.2, 0.25) is 0 Å². The molecule has 0 bridgehead atoms. The van der Waals surface area contributed by atoms with Crippen LogP contribution in [0.25, 0.3) is 10.8 Å². The molecule has 0 atom stereocenters. The number of rotatable bonds is 6. The van der Waals surface area contributed by atoms with E-state index in [1.807, 2.05) is 24.3 Å². The van der Waals surface area contributed by atoms with E-state index in [1.54, 1.807) is 13.2 Å². The van der Waals surface area contributed by atoms with E-state index < -0.39 is 0 Å². The van der Waals surface area contributed by atoms with Gasteiger partial charge in [-0.2, -0.15) is 0 Å². The minimum Gasteiger partial charge on any atom is -0.491 e. The Morgan fingerprint density at radius 2 is 1.86 bits per heavy atom. The summed E-state index contributed by atoms with van der Waals surface area (Å²) in [5, 5.41) is 8.73. The number of aromatic nitrogens is 1. The molecule has 0 aliphatic heterocycles. The fourth-order valence-corrected chi connectivity index (χ4v) is 2.77. The number of hydrogen-bond acceptors (Lipinski definition) is 4. The van der Waals surface area contributed by atoms with Crippen molar-refractivity contribution in [1.82, 2.24) is 15.6 Å². The van der Waals surface area contributed by atoms with Gasteiger partial charge in [0.05, 0.1) is 19.3 Å². The van der Waals surface area contributed by atoms with Crippen molar-refractivity contribution >= 4 is 40.7 Å². The van der Waals surface area contributed by atoms with Crippen molar-refractivity contribution in [2.45, 2.75) is 32.7 Å². The molecular weight excluding hydrogens is 479 g/mol. The number of oxazole rings is 1. The highest BCUT2D eigenvalue weighted by Crippen LogP contribution is 2.25. The van der Waals surface area contributed by atoms with E-state index in [0.717, 1.165) is 16.9 Å². The molecule has 0 saturated heterocycles. The average molecular weight is 508 g/mol. The second kappa shape index (κ2) is 10.5. The van der Waals surface area contributed by atoms with E-state index in [-0.39, 0.29) is 29.4 Å². The van der Waals surface area contributed by atoms with Crippen molar-refractivity contribution in [3.63, 3.8) is 0 Å². The maximum atomic E-state index is 5.94. The van der Waals surface area contributed by atoms with E-state index in [4.69, 9.17) is 9.15 Å². The molecule has 2 N–H and O–H groups in total. The second-order valence-electron chi connectivity index (χ2n) is 7.55. The standard InChI is InChI=1S/C22H28N4O2.HI/c1-22(2,3)19-14-25-20(28-19)15-26-21(23-4)24-12-13-27-18-11-7-9-16-8-5-6-10-17(16)18;/h5-11,14H,12-13,15H2,1-4H3,(H2,23,24,26);1H. The van der Waals surface area contributed by atoms with Crippen LogP contribution < -0.4 is 15.4 Å². The monoisotopic (exact) mass is 508 g/mol. The highest BCUT2D eigenvalue weighted by Gasteiger charge is 2.19. The maximum absolute atomic E-state index is 5.94. The zero-order valence-corrected chi connectivity index (χ0v) is 19.7. The van der Waals surface area contributed by atoms with Crippen LogP contribution >= 0.6 is 24.0 Å². The number of aliphatic imine (C=N–C) groups is 1. The molecule has 0 aliphatic rings.